The summed E-state index contributed by atoms with van der Waals surface area (Å²) in [5.74, 6) is -0.299. The fraction of sp³-hybridized carbons (Fsp3) is 0.882. The van der Waals surface area contributed by atoms with Gasteiger partial charge in [-0.1, -0.05) is 0 Å². The molecule has 6 heteroatoms. The van der Waals surface area contributed by atoms with Gasteiger partial charge in [-0.05, 0) is 50.9 Å². The van der Waals surface area contributed by atoms with Crippen molar-refractivity contribution in [2.24, 2.45) is 11.8 Å². The van der Waals surface area contributed by atoms with Gasteiger partial charge in [0.1, 0.15) is 6.42 Å². The molecule has 0 spiro atoms. The number of hydrogen-bond acceptors (Lipinski definition) is 6. The standard InChI is InChI=1S/C17H26O6/c1-11-6-13(4-5-20-11)10-22-17(19)8-16(18)21-9-12-2-3-14-15(7-12)23-14/h11-15H,2-10H2,1H3. The maximum atomic E-state index is 11.7. The second-order valence-corrected chi connectivity index (χ2v) is 7.01. The van der Waals surface area contributed by atoms with Crippen molar-refractivity contribution in [1.82, 2.24) is 0 Å². The van der Waals surface area contributed by atoms with E-state index in [0.29, 0.717) is 43.9 Å². The Hall–Kier alpha value is -1.14. The van der Waals surface area contributed by atoms with Crippen LogP contribution in [0.3, 0.4) is 0 Å². The summed E-state index contributed by atoms with van der Waals surface area (Å²) in [5, 5.41) is 0. The zero-order chi connectivity index (χ0) is 16.2. The number of hydrogen-bond donors (Lipinski definition) is 0. The lowest BCUT2D eigenvalue weighted by Gasteiger charge is -2.26. The van der Waals surface area contributed by atoms with Crippen LogP contribution in [0.5, 0.6) is 0 Å². The number of carbonyl (C=O) groups is 2. The number of esters is 2. The number of rotatable bonds is 6. The van der Waals surface area contributed by atoms with Gasteiger partial charge in [0.25, 0.3) is 0 Å². The monoisotopic (exact) mass is 326 g/mol. The molecule has 2 saturated heterocycles. The van der Waals surface area contributed by atoms with Gasteiger partial charge in [0.05, 0.1) is 31.5 Å². The van der Waals surface area contributed by atoms with Crippen LogP contribution in [-0.2, 0) is 28.5 Å². The van der Waals surface area contributed by atoms with Crippen LogP contribution < -0.4 is 0 Å². The Morgan fingerprint density at radius 1 is 0.957 bits per heavy atom. The zero-order valence-corrected chi connectivity index (χ0v) is 13.7. The second-order valence-electron chi connectivity index (χ2n) is 7.01. The molecule has 0 bridgehead atoms. The summed E-state index contributed by atoms with van der Waals surface area (Å²) in [6, 6.07) is 0. The van der Waals surface area contributed by atoms with E-state index in [9.17, 15) is 9.59 Å². The maximum absolute atomic E-state index is 11.7. The molecular weight excluding hydrogens is 300 g/mol. The Morgan fingerprint density at radius 3 is 2.30 bits per heavy atom. The first-order valence-corrected chi connectivity index (χ1v) is 8.68. The summed E-state index contributed by atoms with van der Waals surface area (Å²) in [6.45, 7) is 3.48. The molecule has 0 aromatic rings. The number of epoxide rings is 1. The summed E-state index contributed by atoms with van der Waals surface area (Å²) in [7, 11) is 0. The van der Waals surface area contributed by atoms with Gasteiger partial charge in [0.15, 0.2) is 0 Å². The van der Waals surface area contributed by atoms with E-state index in [1.807, 2.05) is 6.92 Å². The van der Waals surface area contributed by atoms with E-state index in [4.69, 9.17) is 18.9 Å². The average Bonchev–Trinajstić information content (AvgIpc) is 3.30. The highest BCUT2D eigenvalue weighted by molar-refractivity contribution is 5.91. The van der Waals surface area contributed by atoms with E-state index < -0.39 is 11.9 Å². The molecule has 2 heterocycles. The lowest BCUT2D eigenvalue weighted by atomic mass is 9.90. The predicted molar refractivity (Wildman–Crippen MR) is 80.7 cm³/mol. The summed E-state index contributed by atoms with van der Waals surface area (Å²) in [5.41, 5.74) is 0. The largest absolute Gasteiger partial charge is 0.465 e. The van der Waals surface area contributed by atoms with Gasteiger partial charge in [-0.25, -0.2) is 0 Å². The smallest absolute Gasteiger partial charge is 0.317 e. The van der Waals surface area contributed by atoms with Crippen molar-refractivity contribution in [1.29, 1.82) is 0 Å². The van der Waals surface area contributed by atoms with Crippen LogP contribution in [0.1, 0.15) is 45.4 Å². The molecular formula is C17H26O6. The summed E-state index contributed by atoms with van der Waals surface area (Å²) >= 11 is 0. The van der Waals surface area contributed by atoms with E-state index in [2.05, 4.69) is 0 Å². The topological polar surface area (TPSA) is 74.4 Å². The number of fused-ring (bicyclic) bond motifs is 1. The summed E-state index contributed by atoms with van der Waals surface area (Å²) < 4.78 is 21.3. The minimum atomic E-state index is -0.497. The fourth-order valence-corrected chi connectivity index (χ4v) is 3.52. The third-order valence-electron chi connectivity index (χ3n) is 4.96. The molecule has 2 aliphatic heterocycles. The van der Waals surface area contributed by atoms with Crippen molar-refractivity contribution in [3.05, 3.63) is 0 Å². The van der Waals surface area contributed by atoms with Gasteiger partial charge in [0.2, 0.25) is 0 Å². The van der Waals surface area contributed by atoms with Crippen molar-refractivity contribution in [2.75, 3.05) is 19.8 Å². The highest BCUT2D eigenvalue weighted by Crippen LogP contribution is 2.39. The van der Waals surface area contributed by atoms with Gasteiger partial charge in [0, 0.05) is 6.61 Å². The third-order valence-corrected chi connectivity index (χ3v) is 4.96. The summed E-state index contributed by atoms with van der Waals surface area (Å²) in [4.78, 5) is 23.4. The fourth-order valence-electron chi connectivity index (χ4n) is 3.52. The Bertz CT molecular complexity index is 417. The Morgan fingerprint density at radius 2 is 1.65 bits per heavy atom. The van der Waals surface area contributed by atoms with Crippen molar-refractivity contribution < 1.29 is 28.5 Å². The quantitative estimate of drug-likeness (QED) is 0.421. The minimum absolute atomic E-state index is 0.211. The lowest BCUT2D eigenvalue weighted by Crippen LogP contribution is -2.27. The molecule has 0 aromatic carbocycles. The van der Waals surface area contributed by atoms with Gasteiger partial charge in [-0.2, -0.15) is 0 Å². The molecule has 0 aromatic heterocycles. The third kappa shape index (κ3) is 5.18. The van der Waals surface area contributed by atoms with Crippen LogP contribution in [0.25, 0.3) is 0 Å². The van der Waals surface area contributed by atoms with Crippen molar-refractivity contribution >= 4 is 11.9 Å². The minimum Gasteiger partial charge on any atom is -0.465 e. The molecule has 3 aliphatic rings. The van der Waals surface area contributed by atoms with Gasteiger partial charge >= 0.3 is 11.9 Å². The van der Waals surface area contributed by atoms with Crippen molar-refractivity contribution in [3.8, 4) is 0 Å². The molecule has 0 amide bonds. The molecule has 0 N–H and O–H groups in total. The molecule has 6 nitrogen and oxygen atoms in total. The maximum Gasteiger partial charge on any atom is 0.317 e. The van der Waals surface area contributed by atoms with Gasteiger partial charge in [-0.15, -0.1) is 0 Å². The van der Waals surface area contributed by atoms with Crippen LogP contribution in [0.15, 0.2) is 0 Å². The Kier molecular flexibility index (Phi) is 5.54. The highest BCUT2D eigenvalue weighted by atomic mass is 16.6. The Labute approximate surface area is 136 Å². The molecule has 130 valence electrons. The van der Waals surface area contributed by atoms with E-state index >= 15 is 0 Å². The molecule has 0 radical (unpaired) electrons. The lowest BCUT2D eigenvalue weighted by molar-refractivity contribution is -0.157. The zero-order valence-electron chi connectivity index (χ0n) is 13.7. The van der Waals surface area contributed by atoms with E-state index in [-0.39, 0.29) is 12.5 Å². The molecule has 3 rings (SSSR count). The van der Waals surface area contributed by atoms with Gasteiger partial charge in [-0.3, -0.25) is 9.59 Å². The van der Waals surface area contributed by atoms with Crippen LogP contribution in [-0.4, -0.2) is 50.1 Å². The van der Waals surface area contributed by atoms with Crippen LogP contribution in [0.2, 0.25) is 0 Å². The Balaban J connectivity index is 1.27. The van der Waals surface area contributed by atoms with Crippen LogP contribution >= 0.6 is 0 Å². The van der Waals surface area contributed by atoms with Crippen LogP contribution in [0, 0.1) is 11.8 Å². The SMILES string of the molecule is CC1CC(COC(=O)CC(=O)OCC2CCC3OC3C2)CCO1. The molecule has 1 saturated carbocycles. The van der Waals surface area contributed by atoms with E-state index in [1.165, 1.54) is 0 Å². The van der Waals surface area contributed by atoms with Gasteiger partial charge < -0.3 is 18.9 Å². The van der Waals surface area contributed by atoms with E-state index in [1.54, 1.807) is 0 Å². The number of carbonyl (C=O) groups excluding carboxylic acids is 2. The second kappa shape index (κ2) is 7.62. The molecule has 1 aliphatic carbocycles. The molecule has 5 atom stereocenters. The average molecular weight is 326 g/mol. The summed E-state index contributed by atoms with van der Waals surface area (Å²) in [6.07, 6.45) is 5.57. The number of ether oxygens (including phenoxy) is 4. The predicted octanol–water partition coefficient (Wildman–Crippen LogP) is 1.85. The van der Waals surface area contributed by atoms with E-state index in [0.717, 1.165) is 32.1 Å². The molecule has 5 unspecified atom stereocenters. The molecule has 3 fully saturated rings. The first-order chi connectivity index (χ1) is 11.1. The first-order valence-electron chi connectivity index (χ1n) is 8.68. The van der Waals surface area contributed by atoms with Crippen molar-refractivity contribution in [2.45, 2.75) is 63.8 Å². The first kappa shape index (κ1) is 16.7. The van der Waals surface area contributed by atoms with Crippen molar-refractivity contribution in [3.63, 3.8) is 0 Å². The molecule has 23 heavy (non-hydrogen) atoms. The normalized spacial score (nSPS) is 36.0. The van der Waals surface area contributed by atoms with Crippen LogP contribution in [0.4, 0.5) is 0 Å². The highest BCUT2D eigenvalue weighted by Gasteiger charge is 2.44.